The lowest BCUT2D eigenvalue weighted by Gasteiger charge is -2.21. The van der Waals surface area contributed by atoms with Crippen molar-refractivity contribution in [3.05, 3.63) is 60.2 Å². The highest BCUT2D eigenvalue weighted by Crippen LogP contribution is 2.22. The number of nitrogens with one attached hydrogen (secondary N) is 1. The SMILES string of the molecule is CCCCN1C[C@@H](C(=O)Nc2ccc(C(=O)N(CC)c3ccccc3)cc2)CC1=O. The van der Waals surface area contributed by atoms with Crippen LogP contribution >= 0.6 is 0 Å². The zero-order valence-electron chi connectivity index (χ0n) is 17.6. The standard InChI is InChI=1S/C24H29N3O3/c1-3-5-15-26-17-19(16-22(26)28)23(29)25-20-13-11-18(12-14-20)24(30)27(4-2)21-9-7-6-8-10-21/h6-14,19H,3-5,15-17H2,1-2H3,(H,25,29)/t19-/m0/s1. The van der Waals surface area contributed by atoms with Gasteiger partial charge in [0, 0.05) is 43.0 Å². The highest BCUT2D eigenvalue weighted by atomic mass is 16.2. The van der Waals surface area contributed by atoms with E-state index in [9.17, 15) is 14.4 Å². The molecule has 0 saturated carbocycles. The molecule has 1 atom stereocenters. The van der Waals surface area contributed by atoms with Crippen molar-refractivity contribution in [3.63, 3.8) is 0 Å². The molecule has 6 heteroatoms. The molecular weight excluding hydrogens is 378 g/mol. The van der Waals surface area contributed by atoms with E-state index < -0.39 is 0 Å². The predicted octanol–water partition coefficient (Wildman–Crippen LogP) is 3.94. The summed E-state index contributed by atoms with van der Waals surface area (Å²) in [5.74, 6) is -0.523. The van der Waals surface area contributed by atoms with Crippen LogP contribution in [0, 0.1) is 5.92 Å². The minimum absolute atomic E-state index is 0.0464. The molecule has 2 aromatic rings. The van der Waals surface area contributed by atoms with Crippen LogP contribution < -0.4 is 10.2 Å². The summed E-state index contributed by atoms with van der Waals surface area (Å²) in [7, 11) is 0. The van der Waals surface area contributed by atoms with Crippen LogP contribution in [-0.2, 0) is 9.59 Å². The van der Waals surface area contributed by atoms with Gasteiger partial charge in [-0.05, 0) is 49.7 Å². The Morgan fingerprint density at radius 2 is 1.77 bits per heavy atom. The molecule has 158 valence electrons. The summed E-state index contributed by atoms with van der Waals surface area (Å²) in [5, 5.41) is 2.88. The van der Waals surface area contributed by atoms with Crippen molar-refractivity contribution in [1.82, 2.24) is 4.90 Å². The summed E-state index contributed by atoms with van der Waals surface area (Å²) in [4.78, 5) is 41.0. The third-order valence-corrected chi connectivity index (χ3v) is 5.40. The molecule has 3 rings (SSSR count). The number of unbranched alkanes of at least 4 members (excludes halogenated alkanes) is 1. The van der Waals surface area contributed by atoms with Crippen LogP contribution in [0.25, 0.3) is 0 Å². The van der Waals surface area contributed by atoms with Crippen molar-refractivity contribution in [3.8, 4) is 0 Å². The zero-order chi connectivity index (χ0) is 21.5. The first-order chi connectivity index (χ1) is 14.5. The minimum atomic E-state index is -0.329. The summed E-state index contributed by atoms with van der Waals surface area (Å²) in [6, 6.07) is 16.4. The fraction of sp³-hybridized carbons (Fsp3) is 0.375. The molecule has 0 radical (unpaired) electrons. The highest BCUT2D eigenvalue weighted by Gasteiger charge is 2.33. The number of likely N-dealkylation sites (tertiary alicyclic amines) is 1. The second-order valence-electron chi connectivity index (χ2n) is 7.55. The Morgan fingerprint density at radius 1 is 1.07 bits per heavy atom. The van der Waals surface area contributed by atoms with Gasteiger partial charge in [-0.1, -0.05) is 31.5 Å². The summed E-state index contributed by atoms with van der Waals surface area (Å²) in [6.45, 7) is 5.77. The number of anilines is 2. The lowest BCUT2D eigenvalue weighted by Crippen LogP contribution is -2.30. The van der Waals surface area contributed by atoms with Crippen molar-refractivity contribution >= 4 is 29.1 Å². The van der Waals surface area contributed by atoms with E-state index in [1.54, 1.807) is 34.1 Å². The lowest BCUT2D eigenvalue weighted by atomic mass is 10.1. The molecular formula is C24H29N3O3. The van der Waals surface area contributed by atoms with Gasteiger partial charge in [-0.15, -0.1) is 0 Å². The van der Waals surface area contributed by atoms with E-state index in [0.717, 1.165) is 18.5 Å². The van der Waals surface area contributed by atoms with E-state index >= 15 is 0 Å². The number of carbonyl (C=O) groups is 3. The summed E-state index contributed by atoms with van der Waals surface area (Å²) in [6.07, 6.45) is 2.23. The van der Waals surface area contributed by atoms with Gasteiger partial charge in [0.2, 0.25) is 11.8 Å². The van der Waals surface area contributed by atoms with Gasteiger partial charge in [0.1, 0.15) is 0 Å². The van der Waals surface area contributed by atoms with Crippen LogP contribution in [0.2, 0.25) is 0 Å². The smallest absolute Gasteiger partial charge is 0.258 e. The molecule has 0 aliphatic carbocycles. The Hall–Kier alpha value is -3.15. The van der Waals surface area contributed by atoms with E-state index in [1.165, 1.54) is 0 Å². The van der Waals surface area contributed by atoms with Gasteiger partial charge in [-0.2, -0.15) is 0 Å². The maximum absolute atomic E-state index is 12.9. The Balaban J connectivity index is 1.61. The predicted molar refractivity (Wildman–Crippen MR) is 118 cm³/mol. The van der Waals surface area contributed by atoms with Gasteiger partial charge in [0.15, 0.2) is 0 Å². The topological polar surface area (TPSA) is 69.7 Å². The number of carbonyl (C=O) groups excluding carboxylic acids is 3. The average Bonchev–Trinajstić information content (AvgIpc) is 3.14. The maximum atomic E-state index is 12.9. The molecule has 1 aliphatic rings. The van der Waals surface area contributed by atoms with Gasteiger partial charge in [0.05, 0.1) is 5.92 Å². The summed E-state index contributed by atoms with van der Waals surface area (Å²) < 4.78 is 0. The van der Waals surface area contributed by atoms with Gasteiger partial charge >= 0.3 is 0 Å². The highest BCUT2D eigenvalue weighted by molar-refractivity contribution is 6.06. The minimum Gasteiger partial charge on any atom is -0.342 e. The van der Waals surface area contributed by atoms with Crippen LogP contribution in [-0.4, -0.2) is 42.3 Å². The molecule has 1 N–H and O–H groups in total. The number of rotatable bonds is 8. The number of amides is 3. The fourth-order valence-corrected chi connectivity index (χ4v) is 3.66. The van der Waals surface area contributed by atoms with Crippen molar-refractivity contribution < 1.29 is 14.4 Å². The number of para-hydroxylation sites is 1. The second kappa shape index (κ2) is 10.1. The first kappa shape index (κ1) is 21.6. The van der Waals surface area contributed by atoms with E-state index in [-0.39, 0.29) is 30.1 Å². The van der Waals surface area contributed by atoms with Crippen molar-refractivity contribution in [2.75, 3.05) is 29.9 Å². The van der Waals surface area contributed by atoms with E-state index in [4.69, 9.17) is 0 Å². The molecule has 1 heterocycles. The number of nitrogens with zero attached hydrogens (tertiary/aromatic N) is 2. The van der Waals surface area contributed by atoms with Gasteiger partial charge < -0.3 is 15.1 Å². The van der Waals surface area contributed by atoms with Crippen LogP contribution in [0.15, 0.2) is 54.6 Å². The third kappa shape index (κ3) is 5.06. The number of benzene rings is 2. The van der Waals surface area contributed by atoms with E-state index in [2.05, 4.69) is 12.2 Å². The second-order valence-corrected chi connectivity index (χ2v) is 7.55. The van der Waals surface area contributed by atoms with Gasteiger partial charge in [0.25, 0.3) is 5.91 Å². The Morgan fingerprint density at radius 3 is 2.40 bits per heavy atom. The largest absolute Gasteiger partial charge is 0.342 e. The van der Waals surface area contributed by atoms with Crippen LogP contribution in [0.1, 0.15) is 43.5 Å². The van der Waals surface area contributed by atoms with Gasteiger partial charge in [-0.25, -0.2) is 0 Å². The van der Waals surface area contributed by atoms with Crippen LogP contribution in [0.5, 0.6) is 0 Å². The molecule has 1 aliphatic heterocycles. The number of hydrogen-bond acceptors (Lipinski definition) is 3. The van der Waals surface area contributed by atoms with Crippen LogP contribution in [0.4, 0.5) is 11.4 Å². The lowest BCUT2D eigenvalue weighted by molar-refractivity contribution is -0.128. The summed E-state index contributed by atoms with van der Waals surface area (Å²) >= 11 is 0. The number of hydrogen-bond donors (Lipinski definition) is 1. The molecule has 0 spiro atoms. The normalized spacial score (nSPS) is 15.9. The molecule has 2 aromatic carbocycles. The molecule has 30 heavy (non-hydrogen) atoms. The molecule has 0 bridgehead atoms. The molecule has 1 fully saturated rings. The van der Waals surface area contributed by atoms with E-state index in [0.29, 0.717) is 30.9 Å². The zero-order valence-corrected chi connectivity index (χ0v) is 17.6. The molecule has 1 saturated heterocycles. The molecule has 6 nitrogen and oxygen atoms in total. The quantitative estimate of drug-likeness (QED) is 0.721. The first-order valence-electron chi connectivity index (χ1n) is 10.6. The molecule has 0 aromatic heterocycles. The monoisotopic (exact) mass is 407 g/mol. The van der Waals surface area contributed by atoms with Crippen molar-refractivity contribution in [2.24, 2.45) is 5.92 Å². The molecule has 0 unspecified atom stereocenters. The third-order valence-electron chi connectivity index (χ3n) is 5.40. The first-order valence-corrected chi connectivity index (χ1v) is 10.6. The molecule has 3 amide bonds. The van der Waals surface area contributed by atoms with Crippen LogP contribution in [0.3, 0.4) is 0 Å². The van der Waals surface area contributed by atoms with Crippen molar-refractivity contribution in [2.45, 2.75) is 33.1 Å². The Kier molecular flexibility index (Phi) is 7.22. The van der Waals surface area contributed by atoms with E-state index in [1.807, 2.05) is 37.3 Å². The fourth-order valence-electron chi connectivity index (χ4n) is 3.66. The Bertz CT molecular complexity index is 880. The average molecular weight is 408 g/mol. The van der Waals surface area contributed by atoms with Gasteiger partial charge in [-0.3, -0.25) is 14.4 Å². The Labute approximate surface area is 177 Å². The summed E-state index contributed by atoms with van der Waals surface area (Å²) in [5.41, 5.74) is 2.03. The maximum Gasteiger partial charge on any atom is 0.258 e. The van der Waals surface area contributed by atoms with Crippen molar-refractivity contribution in [1.29, 1.82) is 0 Å².